The van der Waals surface area contributed by atoms with Crippen LogP contribution >= 0.6 is 0 Å². The van der Waals surface area contributed by atoms with Crippen LogP contribution in [0.5, 0.6) is 5.75 Å². The smallest absolute Gasteiger partial charge is 0.245 e. The molecule has 7 nitrogen and oxygen atoms in total. The lowest BCUT2D eigenvalue weighted by Crippen LogP contribution is -2.32. The van der Waals surface area contributed by atoms with Crippen molar-refractivity contribution in [2.75, 3.05) is 26.3 Å². The number of carbonyl (C=O) groups excluding carboxylic acids is 1. The first-order valence-electron chi connectivity index (χ1n) is 10.7. The standard InChI is InChI=1S/C24H26N4O3/c1-3-20(30)28-10-9-24(2,14-28)22-21(15-8-11-31-13-15)17-12-18(26-27-23(17)25-22)16-6-4-5-7-19(16)29/h3-7,12,15,29H,1,8-11,13-14H2,2H3,(H,25,27). The number of rotatable bonds is 4. The molecule has 2 aliphatic heterocycles. The molecule has 0 saturated carbocycles. The van der Waals surface area contributed by atoms with E-state index >= 15 is 0 Å². The highest BCUT2D eigenvalue weighted by Gasteiger charge is 2.41. The SMILES string of the molecule is C=CC(=O)N1CCC(C)(c2[nH]c3nnc(-c4ccccc4O)cc3c2C2CCOC2)C1. The van der Waals surface area contributed by atoms with Crippen LogP contribution < -0.4 is 0 Å². The second kappa shape index (κ2) is 7.50. The molecule has 0 spiro atoms. The van der Waals surface area contributed by atoms with Crippen molar-refractivity contribution < 1.29 is 14.6 Å². The second-order valence-corrected chi connectivity index (χ2v) is 8.76. The van der Waals surface area contributed by atoms with Crippen molar-refractivity contribution in [3.05, 3.63) is 54.2 Å². The molecule has 1 amide bonds. The molecule has 3 aromatic rings. The van der Waals surface area contributed by atoms with Gasteiger partial charge in [-0.2, -0.15) is 0 Å². The third-order valence-corrected chi connectivity index (χ3v) is 6.68. The highest BCUT2D eigenvalue weighted by atomic mass is 16.5. The second-order valence-electron chi connectivity index (χ2n) is 8.76. The number of nitrogens with one attached hydrogen (secondary N) is 1. The summed E-state index contributed by atoms with van der Waals surface area (Å²) in [5, 5.41) is 20.2. The van der Waals surface area contributed by atoms with Crippen molar-refractivity contribution in [1.29, 1.82) is 0 Å². The number of hydrogen-bond donors (Lipinski definition) is 2. The fourth-order valence-electron chi connectivity index (χ4n) is 4.98. The van der Waals surface area contributed by atoms with Crippen LogP contribution in [0, 0.1) is 0 Å². The predicted octanol–water partition coefficient (Wildman–Crippen LogP) is 3.51. The van der Waals surface area contributed by atoms with E-state index in [0.29, 0.717) is 31.0 Å². The first-order valence-corrected chi connectivity index (χ1v) is 10.7. The Kier molecular flexibility index (Phi) is 4.78. The van der Waals surface area contributed by atoms with Gasteiger partial charge in [-0.25, -0.2) is 0 Å². The number of H-pyrrole nitrogens is 1. The lowest BCUT2D eigenvalue weighted by atomic mass is 9.80. The van der Waals surface area contributed by atoms with Crippen LogP contribution in [0.4, 0.5) is 0 Å². The summed E-state index contributed by atoms with van der Waals surface area (Å²) in [5.74, 6) is 0.400. The summed E-state index contributed by atoms with van der Waals surface area (Å²) < 4.78 is 5.72. The van der Waals surface area contributed by atoms with Crippen LogP contribution in [0.1, 0.15) is 36.9 Å². The number of carbonyl (C=O) groups is 1. The number of para-hydroxylation sites is 1. The van der Waals surface area contributed by atoms with E-state index in [1.165, 1.54) is 11.6 Å². The average Bonchev–Trinajstić information content (AvgIpc) is 3.51. The van der Waals surface area contributed by atoms with Crippen molar-refractivity contribution >= 4 is 16.9 Å². The molecule has 0 bridgehead atoms. The van der Waals surface area contributed by atoms with Gasteiger partial charge in [-0.15, -0.1) is 10.2 Å². The third-order valence-electron chi connectivity index (χ3n) is 6.68. The largest absolute Gasteiger partial charge is 0.507 e. The van der Waals surface area contributed by atoms with E-state index < -0.39 is 0 Å². The molecule has 2 saturated heterocycles. The molecule has 31 heavy (non-hydrogen) atoms. The van der Waals surface area contributed by atoms with Gasteiger partial charge in [0.05, 0.1) is 12.3 Å². The van der Waals surface area contributed by atoms with Crippen molar-refractivity contribution in [2.45, 2.75) is 31.1 Å². The van der Waals surface area contributed by atoms with Crippen LogP contribution in [0.2, 0.25) is 0 Å². The van der Waals surface area contributed by atoms with Gasteiger partial charge in [0.25, 0.3) is 0 Å². The Morgan fingerprint density at radius 3 is 2.97 bits per heavy atom. The molecule has 2 unspecified atom stereocenters. The number of aromatic nitrogens is 3. The minimum Gasteiger partial charge on any atom is -0.507 e. The molecule has 1 aromatic carbocycles. The van der Waals surface area contributed by atoms with Gasteiger partial charge in [0, 0.05) is 47.7 Å². The normalized spacial score (nSPS) is 23.5. The van der Waals surface area contributed by atoms with Gasteiger partial charge in [-0.3, -0.25) is 4.79 Å². The van der Waals surface area contributed by atoms with Gasteiger partial charge in [0.1, 0.15) is 5.75 Å². The summed E-state index contributed by atoms with van der Waals surface area (Å²) in [5.41, 5.74) is 4.12. The Hall–Kier alpha value is -3.19. The molecule has 7 heteroatoms. The highest BCUT2D eigenvalue weighted by Crippen LogP contribution is 2.43. The monoisotopic (exact) mass is 418 g/mol. The van der Waals surface area contributed by atoms with Gasteiger partial charge >= 0.3 is 0 Å². The number of likely N-dealkylation sites (tertiary alicyclic amines) is 1. The first-order chi connectivity index (χ1) is 15.0. The van der Waals surface area contributed by atoms with Gasteiger partial charge in [-0.1, -0.05) is 25.6 Å². The number of aromatic hydroxyl groups is 1. The van der Waals surface area contributed by atoms with E-state index in [2.05, 4.69) is 28.7 Å². The zero-order valence-electron chi connectivity index (χ0n) is 17.6. The minimum atomic E-state index is -0.216. The number of nitrogens with zero attached hydrogens (tertiary/aromatic N) is 3. The van der Waals surface area contributed by atoms with E-state index in [1.54, 1.807) is 12.1 Å². The Labute approximate surface area is 180 Å². The number of benzene rings is 1. The highest BCUT2D eigenvalue weighted by molar-refractivity contribution is 5.88. The molecule has 2 N–H and O–H groups in total. The Bertz CT molecular complexity index is 1160. The molecule has 5 rings (SSSR count). The van der Waals surface area contributed by atoms with Crippen molar-refractivity contribution in [3.8, 4) is 17.0 Å². The molecular weight excluding hydrogens is 392 g/mol. The molecule has 0 radical (unpaired) electrons. The minimum absolute atomic E-state index is 0.0350. The number of phenolic OH excluding ortho intramolecular Hbond substituents is 1. The Morgan fingerprint density at radius 2 is 2.23 bits per heavy atom. The topological polar surface area (TPSA) is 91.3 Å². The molecule has 2 atom stereocenters. The quantitative estimate of drug-likeness (QED) is 0.633. The summed E-state index contributed by atoms with van der Waals surface area (Å²) in [6.45, 7) is 8.56. The molecule has 4 heterocycles. The number of fused-ring (bicyclic) bond motifs is 1. The van der Waals surface area contributed by atoms with Crippen LogP contribution in [-0.4, -0.2) is 57.4 Å². The maximum atomic E-state index is 12.2. The summed E-state index contributed by atoms with van der Waals surface area (Å²) >= 11 is 0. The van der Waals surface area contributed by atoms with E-state index in [9.17, 15) is 9.90 Å². The summed E-state index contributed by atoms with van der Waals surface area (Å²) in [4.78, 5) is 17.6. The summed E-state index contributed by atoms with van der Waals surface area (Å²) in [6, 6.07) is 9.17. The van der Waals surface area contributed by atoms with Crippen molar-refractivity contribution in [3.63, 3.8) is 0 Å². The van der Waals surface area contributed by atoms with Crippen LogP contribution in [0.25, 0.3) is 22.3 Å². The van der Waals surface area contributed by atoms with E-state index in [1.807, 2.05) is 23.1 Å². The fourth-order valence-corrected chi connectivity index (χ4v) is 4.98. The number of amides is 1. The third kappa shape index (κ3) is 3.29. The molecule has 2 aliphatic rings. The average molecular weight is 418 g/mol. The number of aromatic amines is 1. The zero-order valence-corrected chi connectivity index (χ0v) is 17.6. The van der Waals surface area contributed by atoms with Crippen molar-refractivity contribution in [2.24, 2.45) is 0 Å². The van der Waals surface area contributed by atoms with Crippen molar-refractivity contribution in [1.82, 2.24) is 20.1 Å². The summed E-state index contributed by atoms with van der Waals surface area (Å²) in [6.07, 6.45) is 3.19. The molecular formula is C24H26N4O3. The van der Waals surface area contributed by atoms with Gasteiger partial charge in [-0.05, 0) is 42.7 Å². The van der Waals surface area contributed by atoms with Gasteiger partial charge < -0.3 is 19.7 Å². The van der Waals surface area contributed by atoms with Gasteiger partial charge in [0.15, 0.2) is 5.65 Å². The van der Waals surface area contributed by atoms with Gasteiger partial charge in [0.2, 0.25) is 5.91 Å². The molecule has 2 fully saturated rings. The lowest BCUT2D eigenvalue weighted by molar-refractivity contribution is -0.125. The zero-order chi connectivity index (χ0) is 21.6. The first kappa shape index (κ1) is 19.8. The maximum absolute atomic E-state index is 12.2. The van der Waals surface area contributed by atoms with Crippen LogP contribution in [-0.2, 0) is 14.9 Å². The number of hydrogen-bond acceptors (Lipinski definition) is 5. The van der Waals surface area contributed by atoms with E-state index in [0.717, 1.165) is 36.2 Å². The van der Waals surface area contributed by atoms with E-state index in [4.69, 9.17) is 4.74 Å². The number of phenols is 1. The fraction of sp³-hybridized carbons (Fsp3) is 0.375. The Morgan fingerprint density at radius 1 is 1.39 bits per heavy atom. The molecule has 0 aliphatic carbocycles. The summed E-state index contributed by atoms with van der Waals surface area (Å²) in [7, 11) is 0. The predicted molar refractivity (Wildman–Crippen MR) is 118 cm³/mol. The molecule has 160 valence electrons. The maximum Gasteiger partial charge on any atom is 0.245 e. The van der Waals surface area contributed by atoms with E-state index in [-0.39, 0.29) is 23.0 Å². The van der Waals surface area contributed by atoms with Crippen LogP contribution in [0.3, 0.4) is 0 Å². The molecule has 2 aromatic heterocycles. The Balaban J connectivity index is 1.65. The van der Waals surface area contributed by atoms with Crippen LogP contribution in [0.15, 0.2) is 43.0 Å². The number of ether oxygens (including phenoxy) is 1. The lowest BCUT2D eigenvalue weighted by Gasteiger charge is -2.26.